The minimum Gasteiger partial charge on any atom is -0.376 e. The average Bonchev–Trinajstić information content (AvgIpc) is 3.38. The molecule has 0 unspecified atom stereocenters. The molecule has 0 spiro atoms. The lowest BCUT2D eigenvalue weighted by atomic mass is 10.0. The Bertz CT molecular complexity index is 828. The Morgan fingerprint density at radius 2 is 1.92 bits per heavy atom. The van der Waals surface area contributed by atoms with Crippen molar-refractivity contribution in [3.8, 4) is 0 Å². The lowest BCUT2D eigenvalue weighted by Gasteiger charge is -2.14. The molecule has 2 heterocycles. The molecule has 2 amide bonds. The molecule has 25 heavy (non-hydrogen) atoms. The van der Waals surface area contributed by atoms with Gasteiger partial charge >= 0.3 is 0 Å². The van der Waals surface area contributed by atoms with Crippen molar-refractivity contribution in [3.05, 3.63) is 45.3 Å². The topological polar surface area (TPSA) is 67.4 Å². The molecule has 4 rings (SSSR count). The van der Waals surface area contributed by atoms with E-state index >= 15 is 0 Å². The molecule has 0 saturated heterocycles. The number of rotatable bonds is 4. The molecule has 7 heteroatoms. The molecule has 2 N–H and O–H groups in total. The fourth-order valence-corrected chi connectivity index (χ4v) is 4.16. The van der Waals surface area contributed by atoms with Crippen molar-refractivity contribution in [2.75, 3.05) is 17.2 Å². The molecule has 0 bridgehead atoms. The van der Waals surface area contributed by atoms with Crippen LogP contribution in [0.5, 0.6) is 0 Å². The third-order valence-corrected chi connectivity index (χ3v) is 5.71. The zero-order valence-electron chi connectivity index (χ0n) is 13.4. The van der Waals surface area contributed by atoms with E-state index in [1.807, 2.05) is 0 Å². The number of anilines is 2. The lowest BCUT2D eigenvalue weighted by Crippen LogP contribution is -2.20. The van der Waals surface area contributed by atoms with Crippen molar-refractivity contribution in [1.29, 1.82) is 0 Å². The van der Waals surface area contributed by atoms with E-state index in [0.717, 1.165) is 23.3 Å². The van der Waals surface area contributed by atoms with E-state index in [0.29, 0.717) is 40.9 Å². The molecule has 1 aromatic heterocycles. The fourth-order valence-electron chi connectivity index (χ4n) is 2.85. The molecule has 1 fully saturated rings. The van der Waals surface area contributed by atoms with Crippen LogP contribution in [0, 0.1) is 5.92 Å². The van der Waals surface area contributed by atoms with Crippen LogP contribution in [0.15, 0.2) is 24.3 Å². The number of hydrogen-bond acceptors (Lipinski definition) is 4. The summed E-state index contributed by atoms with van der Waals surface area (Å²) in [5.41, 5.74) is 2.21. The number of thiophene rings is 1. The molecule has 130 valence electrons. The van der Waals surface area contributed by atoms with Gasteiger partial charge in [-0.2, -0.15) is 0 Å². The van der Waals surface area contributed by atoms with Crippen LogP contribution in [-0.2, 0) is 22.6 Å². The van der Waals surface area contributed by atoms with Gasteiger partial charge in [-0.1, -0.05) is 11.6 Å². The highest BCUT2D eigenvalue weighted by molar-refractivity contribution is 7.17. The number of benzene rings is 1. The normalized spacial score (nSPS) is 16.2. The van der Waals surface area contributed by atoms with Gasteiger partial charge in [0, 0.05) is 21.5 Å². The molecule has 2 aromatic rings. The first-order valence-corrected chi connectivity index (χ1v) is 9.41. The van der Waals surface area contributed by atoms with Crippen LogP contribution in [0.1, 0.15) is 33.6 Å². The van der Waals surface area contributed by atoms with Gasteiger partial charge in [-0.15, -0.1) is 11.3 Å². The molecular weight excluding hydrogens is 360 g/mol. The number of amides is 2. The number of fused-ring (bicyclic) bond motifs is 1. The molecule has 2 aliphatic rings. The van der Waals surface area contributed by atoms with E-state index in [1.54, 1.807) is 24.3 Å². The Labute approximate surface area is 154 Å². The first kappa shape index (κ1) is 16.6. The SMILES string of the molecule is O=C(Nc1ccc(Cl)cc1)c1c(NC(=O)C2CC2)sc2c1CCOC2. The summed E-state index contributed by atoms with van der Waals surface area (Å²) in [5, 5.41) is 7.08. The van der Waals surface area contributed by atoms with Crippen molar-refractivity contribution in [3.63, 3.8) is 0 Å². The minimum atomic E-state index is -0.215. The molecule has 0 atom stereocenters. The van der Waals surface area contributed by atoms with Crippen molar-refractivity contribution in [1.82, 2.24) is 0 Å². The summed E-state index contributed by atoms with van der Waals surface area (Å²) >= 11 is 7.33. The van der Waals surface area contributed by atoms with Gasteiger partial charge < -0.3 is 15.4 Å². The molecule has 1 saturated carbocycles. The predicted molar refractivity (Wildman–Crippen MR) is 98.4 cm³/mol. The van der Waals surface area contributed by atoms with Crippen LogP contribution in [-0.4, -0.2) is 18.4 Å². The van der Waals surface area contributed by atoms with Gasteiger partial charge in [-0.05, 0) is 49.1 Å². The molecule has 5 nitrogen and oxygen atoms in total. The van der Waals surface area contributed by atoms with Gasteiger partial charge in [-0.3, -0.25) is 9.59 Å². The van der Waals surface area contributed by atoms with Gasteiger partial charge in [0.15, 0.2) is 0 Å². The number of nitrogens with one attached hydrogen (secondary N) is 2. The molecular formula is C18H17ClN2O3S. The van der Waals surface area contributed by atoms with E-state index < -0.39 is 0 Å². The quantitative estimate of drug-likeness (QED) is 0.845. The van der Waals surface area contributed by atoms with Crippen LogP contribution < -0.4 is 10.6 Å². The van der Waals surface area contributed by atoms with Crippen LogP contribution in [0.2, 0.25) is 5.02 Å². The molecule has 1 aromatic carbocycles. The molecule has 1 aliphatic carbocycles. The van der Waals surface area contributed by atoms with E-state index in [2.05, 4.69) is 10.6 Å². The number of ether oxygens (including phenoxy) is 1. The molecule has 0 radical (unpaired) electrons. The largest absolute Gasteiger partial charge is 0.376 e. The summed E-state index contributed by atoms with van der Waals surface area (Å²) in [5.74, 6) is -0.129. The number of hydrogen-bond donors (Lipinski definition) is 2. The fraction of sp³-hybridized carbons (Fsp3) is 0.333. The van der Waals surface area contributed by atoms with Crippen LogP contribution >= 0.6 is 22.9 Å². The summed E-state index contributed by atoms with van der Waals surface area (Å²) < 4.78 is 5.49. The van der Waals surface area contributed by atoms with Crippen LogP contribution in [0.25, 0.3) is 0 Å². The Morgan fingerprint density at radius 1 is 1.16 bits per heavy atom. The standard InChI is InChI=1S/C18H17ClN2O3S/c19-11-3-5-12(6-4-11)20-17(23)15-13-7-8-24-9-14(13)25-18(15)21-16(22)10-1-2-10/h3-6,10H,1-2,7-9H2,(H,20,23)(H,21,22). The van der Waals surface area contributed by atoms with Crippen molar-refractivity contribution < 1.29 is 14.3 Å². The van der Waals surface area contributed by atoms with E-state index in [1.165, 1.54) is 11.3 Å². The minimum absolute atomic E-state index is 0.0000539. The first-order chi connectivity index (χ1) is 12.1. The third kappa shape index (κ3) is 3.56. The zero-order chi connectivity index (χ0) is 17.4. The second-order valence-corrected chi connectivity index (χ2v) is 7.78. The second kappa shape index (κ2) is 6.78. The zero-order valence-corrected chi connectivity index (χ0v) is 15.0. The smallest absolute Gasteiger partial charge is 0.258 e. The summed E-state index contributed by atoms with van der Waals surface area (Å²) in [6, 6.07) is 6.96. The Balaban J connectivity index is 1.63. The Hall–Kier alpha value is -1.89. The summed E-state index contributed by atoms with van der Waals surface area (Å²) in [4.78, 5) is 26.1. The Kier molecular flexibility index (Phi) is 4.50. The third-order valence-electron chi connectivity index (χ3n) is 4.33. The Morgan fingerprint density at radius 3 is 2.64 bits per heavy atom. The maximum absolute atomic E-state index is 12.9. The van der Waals surface area contributed by atoms with Gasteiger partial charge in [0.25, 0.3) is 5.91 Å². The van der Waals surface area contributed by atoms with Crippen molar-refractivity contribution in [2.24, 2.45) is 5.92 Å². The second-order valence-electron chi connectivity index (χ2n) is 6.24. The monoisotopic (exact) mass is 376 g/mol. The number of carbonyl (C=O) groups excluding carboxylic acids is 2. The first-order valence-electron chi connectivity index (χ1n) is 8.22. The highest BCUT2D eigenvalue weighted by Gasteiger charge is 2.32. The maximum atomic E-state index is 12.9. The van der Waals surface area contributed by atoms with Gasteiger partial charge in [-0.25, -0.2) is 0 Å². The highest BCUT2D eigenvalue weighted by Crippen LogP contribution is 2.38. The van der Waals surface area contributed by atoms with E-state index in [9.17, 15) is 9.59 Å². The summed E-state index contributed by atoms with van der Waals surface area (Å²) in [6.07, 6.45) is 2.52. The van der Waals surface area contributed by atoms with Crippen LogP contribution in [0.3, 0.4) is 0 Å². The van der Waals surface area contributed by atoms with Gasteiger partial charge in [0.1, 0.15) is 5.00 Å². The number of halogens is 1. The highest BCUT2D eigenvalue weighted by atomic mass is 35.5. The van der Waals surface area contributed by atoms with Gasteiger partial charge in [0.2, 0.25) is 5.91 Å². The van der Waals surface area contributed by atoms with E-state index in [-0.39, 0.29) is 17.7 Å². The predicted octanol–water partition coefficient (Wildman–Crippen LogP) is 4.08. The van der Waals surface area contributed by atoms with Crippen LogP contribution in [0.4, 0.5) is 10.7 Å². The summed E-state index contributed by atoms with van der Waals surface area (Å²) in [7, 11) is 0. The number of carbonyl (C=O) groups is 2. The summed E-state index contributed by atoms with van der Waals surface area (Å²) in [6.45, 7) is 1.07. The lowest BCUT2D eigenvalue weighted by molar-refractivity contribution is -0.117. The van der Waals surface area contributed by atoms with Crippen molar-refractivity contribution in [2.45, 2.75) is 25.9 Å². The van der Waals surface area contributed by atoms with Crippen molar-refractivity contribution >= 4 is 45.4 Å². The maximum Gasteiger partial charge on any atom is 0.258 e. The van der Waals surface area contributed by atoms with Gasteiger partial charge in [0.05, 0.1) is 18.8 Å². The molecule has 1 aliphatic heterocycles. The average molecular weight is 377 g/mol. The van der Waals surface area contributed by atoms with E-state index in [4.69, 9.17) is 16.3 Å².